The molecule has 0 fully saturated rings. The number of anilines is 2. The fraction of sp³-hybridized carbons (Fsp3) is 0.250. The van der Waals surface area contributed by atoms with Crippen molar-refractivity contribution in [1.29, 1.82) is 0 Å². The molecule has 0 amide bonds. The molecule has 2 unspecified atom stereocenters. The Morgan fingerprint density at radius 3 is 1.91 bits per heavy atom. The summed E-state index contributed by atoms with van der Waals surface area (Å²) in [7, 11) is -0.215. The van der Waals surface area contributed by atoms with E-state index in [1.54, 1.807) is 28.9 Å². The molecule has 0 spiro atoms. The molecule has 0 aliphatic carbocycles. The summed E-state index contributed by atoms with van der Waals surface area (Å²) in [4.78, 5) is 21.3. The average Bonchev–Trinajstić information content (AvgIpc) is 4.06. The highest BCUT2D eigenvalue weighted by Gasteiger charge is 2.23. The first-order valence-corrected chi connectivity index (χ1v) is 23.9. The minimum Gasteiger partial charge on any atom is -0.396 e. The molecule has 4 N–H and O–H groups in total. The second-order valence-electron chi connectivity index (χ2n) is 12.8. The lowest BCUT2D eigenvalue weighted by Gasteiger charge is -2.08. The highest BCUT2D eigenvalue weighted by molar-refractivity contribution is 7.88. The minimum absolute atomic E-state index is 0.571. The summed E-state index contributed by atoms with van der Waals surface area (Å²) in [5.74, 6) is 2.18. The molecule has 2 atom stereocenters. The van der Waals surface area contributed by atoms with E-state index in [1.165, 1.54) is 22.7 Å². The smallest absolute Gasteiger partial charge is 0.141 e. The molecule has 7 aromatic heterocycles. The van der Waals surface area contributed by atoms with Crippen LogP contribution in [0, 0.1) is 6.92 Å². The molecule has 1 aromatic carbocycles. The molecule has 55 heavy (non-hydrogen) atoms. The molecular weight excluding hydrogens is 803 g/mol. The van der Waals surface area contributed by atoms with Crippen LogP contribution in [0.1, 0.15) is 45.4 Å². The first-order valence-electron chi connectivity index (χ1n) is 17.9. The quantitative estimate of drug-likeness (QED) is 0.124. The molecule has 8 aromatic rings. The third-order valence-corrected chi connectivity index (χ3v) is 16.8. The largest absolute Gasteiger partial charge is 0.396 e. The zero-order valence-electron chi connectivity index (χ0n) is 30.9. The molecule has 9 nitrogen and oxygen atoms in total. The lowest BCUT2D eigenvalue weighted by Crippen LogP contribution is -2.00. The maximum Gasteiger partial charge on any atom is 0.141 e. The maximum atomic E-state index is 12.8. The summed E-state index contributed by atoms with van der Waals surface area (Å²) in [5.41, 5.74) is 20.0. The van der Waals surface area contributed by atoms with Crippen molar-refractivity contribution in [2.75, 3.05) is 23.0 Å². The Labute approximate surface area is 341 Å². The number of unbranched alkanes of at least 4 members (excludes halogenated alkanes) is 2. The van der Waals surface area contributed by atoms with E-state index in [0.29, 0.717) is 27.1 Å². The number of imidazole rings is 1. The number of hydrogen-bond donors (Lipinski definition) is 2. The van der Waals surface area contributed by atoms with Crippen LogP contribution in [0.15, 0.2) is 86.2 Å². The van der Waals surface area contributed by atoms with Crippen molar-refractivity contribution in [2.45, 2.75) is 54.9 Å². The van der Waals surface area contributed by atoms with Gasteiger partial charge in [0.2, 0.25) is 0 Å². The van der Waals surface area contributed by atoms with Crippen LogP contribution in [0.25, 0.3) is 64.1 Å². The third-order valence-electron chi connectivity index (χ3n) is 9.12. The van der Waals surface area contributed by atoms with Gasteiger partial charge in [-0.15, -0.1) is 45.3 Å². The number of pyridine rings is 2. The van der Waals surface area contributed by atoms with Gasteiger partial charge < -0.3 is 16.0 Å². The molecule has 0 aliphatic heterocycles. The van der Waals surface area contributed by atoms with Gasteiger partial charge in [0.15, 0.2) is 0 Å². The van der Waals surface area contributed by atoms with Gasteiger partial charge in [-0.2, -0.15) is 0 Å². The second kappa shape index (κ2) is 17.3. The predicted molar refractivity (Wildman–Crippen MR) is 237 cm³/mol. The molecule has 0 bridgehead atoms. The van der Waals surface area contributed by atoms with Gasteiger partial charge >= 0.3 is 0 Å². The van der Waals surface area contributed by atoms with Gasteiger partial charge in [0.25, 0.3) is 0 Å². The maximum absolute atomic E-state index is 12.8. The van der Waals surface area contributed by atoms with Gasteiger partial charge in [-0.1, -0.05) is 63.1 Å². The lowest BCUT2D eigenvalue weighted by atomic mass is 10.0. The SMILES string of the molecule is CCCCS(=O)c1sc2nc(-c3cccs3)cc(-c3ccccc3)c2c1N.CCCCS(=O)c1sc2nc(-c3nccs3)cc(-c3cnc(C)n3C)c2c1N. The van der Waals surface area contributed by atoms with Crippen LogP contribution in [0.5, 0.6) is 0 Å². The number of nitrogens with zero attached hydrogens (tertiary/aromatic N) is 5. The molecule has 284 valence electrons. The Kier molecular flexibility index (Phi) is 12.3. The van der Waals surface area contributed by atoms with Crippen LogP contribution in [0.3, 0.4) is 0 Å². The van der Waals surface area contributed by atoms with Crippen LogP contribution >= 0.6 is 45.3 Å². The van der Waals surface area contributed by atoms with Gasteiger partial charge in [0, 0.05) is 46.5 Å². The molecule has 7 heterocycles. The first-order chi connectivity index (χ1) is 26.7. The van der Waals surface area contributed by atoms with E-state index < -0.39 is 21.6 Å². The van der Waals surface area contributed by atoms with Crippen LogP contribution in [-0.4, -0.2) is 44.4 Å². The van der Waals surface area contributed by atoms with E-state index in [-0.39, 0.29) is 0 Å². The van der Waals surface area contributed by atoms with Crippen molar-refractivity contribution >= 4 is 98.8 Å². The normalized spacial score (nSPS) is 12.6. The number of nitrogens with two attached hydrogens (primary N) is 2. The van der Waals surface area contributed by atoms with Crippen molar-refractivity contribution in [3.8, 4) is 43.7 Å². The van der Waals surface area contributed by atoms with E-state index >= 15 is 0 Å². The Morgan fingerprint density at radius 1 is 0.745 bits per heavy atom. The number of thiophene rings is 3. The average molecular weight is 844 g/mol. The highest BCUT2D eigenvalue weighted by Crippen LogP contribution is 2.44. The van der Waals surface area contributed by atoms with E-state index in [0.717, 1.165) is 99.8 Å². The topological polar surface area (TPSA) is 143 Å². The van der Waals surface area contributed by atoms with E-state index in [2.05, 4.69) is 53.5 Å². The van der Waals surface area contributed by atoms with E-state index in [9.17, 15) is 8.42 Å². The van der Waals surface area contributed by atoms with Crippen molar-refractivity contribution in [3.05, 3.63) is 83.6 Å². The van der Waals surface area contributed by atoms with E-state index in [1.807, 2.05) is 60.4 Å². The molecule has 0 aliphatic rings. The summed E-state index contributed by atoms with van der Waals surface area (Å²) in [6.45, 7) is 6.16. The Balaban J connectivity index is 0.000000169. The van der Waals surface area contributed by atoms with Crippen LogP contribution in [-0.2, 0) is 28.6 Å². The Morgan fingerprint density at radius 2 is 1.36 bits per heavy atom. The van der Waals surface area contributed by atoms with Gasteiger partial charge in [-0.25, -0.2) is 19.9 Å². The molecule has 0 saturated carbocycles. The fourth-order valence-corrected chi connectivity index (χ4v) is 13.0. The number of benzene rings is 1. The number of nitrogen functional groups attached to an aromatic ring is 2. The van der Waals surface area contributed by atoms with Crippen molar-refractivity contribution in [1.82, 2.24) is 24.5 Å². The van der Waals surface area contributed by atoms with Crippen LogP contribution < -0.4 is 11.5 Å². The zero-order chi connectivity index (χ0) is 38.6. The van der Waals surface area contributed by atoms with Crippen molar-refractivity contribution in [3.63, 3.8) is 0 Å². The predicted octanol–water partition coefficient (Wildman–Crippen LogP) is 10.8. The summed E-state index contributed by atoms with van der Waals surface area (Å²) >= 11 is 6.11. The standard InChI is InChI=1S/C21H20N2OS3.C19H21N5OS3/c1-2-3-12-27(24)21-19(22)18-15(14-8-5-4-6-9-14)13-16(23-20(18)26-21)17-10-7-11-25-17;1-4-5-8-28(25)19-16(20)15-12(14-10-22-11(2)24(14)3)9-13(23-18(15)27-19)17-21-6-7-26-17/h4-11,13H,2-3,12,22H2,1H3;6-7,9-10H,4-5,8,20H2,1-3H3. The first kappa shape index (κ1) is 39.1. The van der Waals surface area contributed by atoms with Gasteiger partial charge in [0.1, 0.15) is 34.6 Å². The molecule has 0 radical (unpaired) electrons. The number of fused-ring (bicyclic) bond motifs is 2. The minimum atomic E-state index is -1.12. The number of hydrogen-bond acceptors (Lipinski definition) is 12. The van der Waals surface area contributed by atoms with Crippen molar-refractivity contribution < 1.29 is 8.42 Å². The third kappa shape index (κ3) is 8.09. The van der Waals surface area contributed by atoms with Gasteiger partial charge in [-0.3, -0.25) is 8.42 Å². The molecular formula is C40H41N7O2S6. The number of aryl methyl sites for hydroxylation is 1. The number of aromatic nitrogens is 5. The Bertz CT molecular complexity index is 2610. The Hall–Kier alpha value is -4.12. The summed E-state index contributed by atoms with van der Waals surface area (Å²) in [5, 5.41) is 6.61. The molecule has 0 saturated heterocycles. The van der Waals surface area contributed by atoms with Crippen molar-refractivity contribution in [2.24, 2.45) is 7.05 Å². The van der Waals surface area contributed by atoms with E-state index in [4.69, 9.17) is 21.4 Å². The summed E-state index contributed by atoms with van der Waals surface area (Å²) in [6.07, 6.45) is 7.48. The zero-order valence-corrected chi connectivity index (χ0v) is 35.8. The molecule has 15 heteroatoms. The number of thiazole rings is 1. The van der Waals surface area contributed by atoms with Crippen LogP contribution in [0.4, 0.5) is 11.4 Å². The lowest BCUT2D eigenvalue weighted by molar-refractivity contribution is 0.680. The molecule has 8 rings (SSSR count). The van der Waals surface area contributed by atoms with Gasteiger partial charge in [-0.05, 0) is 54.5 Å². The summed E-state index contributed by atoms with van der Waals surface area (Å²) < 4.78 is 29.1. The second-order valence-corrected chi connectivity index (χ2v) is 20.2. The highest BCUT2D eigenvalue weighted by atomic mass is 32.2. The summed E-state index contributed by atoms with van der Waals surface area (Å²) in [6, 6.07) is 18.4. The number of rotatable bonds is 12. The fourth-order valence-electron chi connectivity index (χ4n) is 6.09. The van der Waals surface area contributed by atoms with Crippen LogP contribution in [0.2, 0.25) is 0 Å². The monoisotopic (exact) mass is 843 g/mol. The van der Waals surface area contributed by atoms with Gasteiger partial charge in [0.05, 0.1) is 55.4 Å².